The fourth-order valence-corrected chi connectivity index (χ4v) is 2.81. The van der Waals surface area contributed by atoms with E-state index in [1.165, 1.54) is 5.56 Å². The summed E-state index contributed by atoms with van der Waals surface area (Å²) in [6.07, 6.45) is -2.56. The van der Waals surface area contributed by atoms with Gasteiger partial charge in [0, 0.05) is 19.0 Å². The highest BCUT2D eigenvalue weighted by molar-refractivity contribution is 5.79. The van der Waals surface area contributed by atoms with Gasteiger partial charge in [-0.2, -0.15) is 13.2 Å². The lowest BCUT2D eigenvalue weighted by atomic mass is 9.83. The minimum absolute atomic E-state index is 0.0329. The van der Waals surface area contributed by atoms with Crippen molar-refractivity contribution in [2.45, 2.75) is 25.4 Å². The molecule has 1 unspecified atom stereocenters. The number of hydrogen-bond acceptors (Lipinski definition) is 2. The summed E-state index contributed by atoms with van der Waals surface area (Å²) >= 11 is 0. The number of nitrogens with two attached hydrogens (primary N) is 1. The quantitative estimate of drug-likeness (QED) is 0.926. The lowest BCUT2D eigenvalue weighted by Crippen LogP contribution is -2.45. The third-order valence-electron chi connectivity index (χ3n) is 3.78. The monoisotopic (exact) mass is 300 g/mol. The molecule has 6 heteroatoms. The van der Waals surface area contributed by atoms with Gasteiger partial charge in [-0.25, -0.2) is 0 Å². The van der Waals surface area contributed by atoms with E-state index < -0.39 is 18.6 Å². The number of fused-ring (bicyclic) bond motifs is 1. The van der Waals surface area contributed by atoms with Crippen molar-refractivity contribution in [3.63, 3.8) is 0 Å². The van der Waals surface area contributed by atoms with Crippen LogP contribution in [0.25, 0.3) is 0 Å². The van der Waals surface area contributed by atoms with Crippen LogP contribution >= 0.6 is 0 Å². The summed E-state index contributed by atoms with van der Waals surface area (Å²) in [5, 5.41) is 0. The molecule has 116 valence electrons. The number of rotatable bonds is 4. The molecule has 0 aromatic heterocycles. The van der Waals surface area contributed by atoms with Crippen molar-refractivity contribution in [1.29, 1.82) is 0 Å². The molecule has 0 fully saturated rings. The fraction of sp³-hybridized carbons (Fsp3) is 0.533. The number of carbonyl (C=O) groups is 1. The molecule has 1 atom stereocenters. The van der Waals surface area contributed by atoms with Crippen molar-refractivity contribution in [3.8, 4) is 0 Å². The maximum Gasteiger partial charge on any atom is 0.406 e. The van der Waals surface area contributed by atoms with Crippen LogP contribution in [0.3, 0.4) is 0 Å². The molecule has 2 rings (SSSR count). The summed E-state index contributed by atoms with van der Waals surface area (Å²) in [5.74, 6) is -0.818. The Labute approximate surface area is 121 Å². The SMILES string of the molecule is NCCN(CC(F)(F)F)C(=O)C1CCc2ccccc2C1. The molecule has 0 heterocycles. The van der Waals surface area contributed by atoms with Gasteiger partial charge in [-0.3, -0.25) is 4.79 Å². The molecule has 21 heavy (non-hydrogen) atoms. The zero-order chi connectivity index (χ0) is 15.5. The van der Waals surface area contributed by atoms with Gasteiger partial charge in [0.25, 0.3) is 0 Å². The van der Waals surface area contributed by atoms with Crippen molar-refractivity contribution in [1.82, 2.24) is 4.90 Å². The molecule has 3 nitrogen and oxygen atoms in total. The van der Waals surface area contributed by atoms with Gasteiger partial charge in [-0.1, -0.05) is 24.3 Å². The van der Waals surface area contributed by atoms with E-state index in [2.05, 4.69) is 0 Å². The van der Waals surface area contributed by atoms with Gasteiger partial charge in [0.2, 0.25) is 5.91 Å². The summed E-state index contributed by atoms with van der Waals surface area (Å²) in [6.45, 7) is -1.25. The van der Waals surface area contributed by atoms with Crippen molar-refractivity contribution in [2.24, 2.45) is 11.7 Å². The Morgan fingerprint density at radius 2 is 1.95 bits per heavy atom. The Morgan fingerprint density at radius 3 is 2.57 bits per heavy atom. The van der Waals surface area contributed by atoms with Crippen LogP contribution in [0.5, 0.6) is 0 Å². The topological polar surface area (TPSA) is 46.3 Å². The second-order valence-electron chi connectivity index (χ2n) is 5.37. The number of hydrogen-bond donors (Lipinski definition) is 1. The average molecular weight is 300 g/mol. The molecule has 0 bridgehead atoms. The standard InChI is InChI=1S/C15H19F3N2O/c16-15(17,18)10-20(8-7-19)14(21)13-6-5-11-3-1-2-4-12(11)9-13/h1-4,13H,5-10,19H2. The van der Waals surface area contributed by atoms with Crippen LogP contribution in [-0.4, -0.2) is 36.6 Å². The number of halogens is 3. The van der Waals surface area contributed by atoms with Crippen LogP contribution < -0.4 is 5.73 Å². The Bertz CT molecular complexity index is 502. The molecule has 1 aromatic rings. The molecule has 2 N–H and O–H groups in total. The van der Waals surface area contributed by atoms with E-state index in [1.54, 1.807) is 0 Å². The highest BCUT2D eigenvalue weighted by Gasteiger charge is 2.35. The second kappa shape index (κ2) is 6.47. The summed E-state index contributed by atoms with van der Waals surface area (Å²) in [4.78, 5) is 13.2. The van der Waals surface area contributed by atoms with Crippen LogP contribution in [0.15, 0.2) is 24.3 Å². The van der Waals surface area contributed by atoms with E-state index in [-0.39, 0.29) is 19.0 Å². The number of carbonyl (C=O) groups excluding carboxylic acids is 1. The van der Waals surface area contributed by atoms with E-state index in [1.807, 2.05) is 24.3 Å². The predicted octanol–water partition coefficient (Wildman–Crippen LogP) is 2.14. The molecule has 0 radical (unpaired) electrons. The molecule has 0 saturated heterocycles. The van der Waals surface area contributed by atoms with Crippen molar-refractivity contribution < 1.29 is 18.0 Å². The predicted molar refractivity (Wildman–Crippen MR) is 73.6 cm³/mol. The van der Waals surface area contributed by atoms with Gasteiger partial charge < -0.3 is 10.6 Å². The van der Waals surface area contributed by atoms with Gasteiger partial charge in [0.15, 0.2) is 0 Å². The third-order valence-corrected chi connectivity index (χ3v) is 3.78. The highest BCUT2D eigenvalue weighted by Crippen LogP contribution is 2.27. The number of amides is 1. The van der Waals surface area contributed by atoms with Gasteiger partial charge in [-0.15, -0.1) is 0 Å². The largest absolute Gasteiger partial charge is 0.406 e. The number of alkyl halides is 3. The second-order valence-corrected chi connectivity index (χ2v) is 5.37. The molecule has 0 aliphatic heterocycles. The van der Waals surface area contributed by atoms with Gasteiger partial charge in [0.05, 0.1) is 0 Å². The molecular formula is C15H19F3N2O. The fourth-order valence-electron chi connectivity index (χ4n) is 2.81. The number of nitrogens with zero attached hydrogens (tertiary/aromatic N) is 1. The lowest BCUT2D eigenvalue weighted by molar-refractivity contribution is -0.163. The van der Waals surface area contributed by atoms with Gasteiger partial charge in [0.1, 0.15) is 6.54 Å². The maximum atomic E-state index is 12.6. The molecule has 1 amide bonds. The maximum absolute atomic E-state index is 12.6. The number of benzene rings is 1. The Morgan fingerprint density at radius 1 is 1.29 bits per heavy atom. The molecule has 0 spiro atoms. The molecule has 1 aliphatic carbocycles. The van der Waals surface area contributed by atoms with Crippen molar-refractivity contribution >= 4 is 5.91 Å². The van der Waals surface area contributed by atoms with E-state index in [4.69, 9.17) is 5.73 Å². The zero-order valence-corrected chi connectivity index (χ0v) is 11.7. The smallest absolute Gasteiger partial charge is 0.332 e. The van der Waals surface area contributed by atoms with Crippen molar-refractivity contribution in [2.75, 3.05) is 19.6 Å². The molecular weight excluding hydrogens is 281 g/mol. The molecule has 1 aliphatic rings. The van der Waals surface area contributed by atoms with Crippen LogP contribution in [0, 0.1) is 5.92 Å². The van der Waals surface area contributed by atoms with Crippen LogP contribution in [0.1, 0.15) is 17.5 Å². The first-order valence-electron chi connectivity index (χ1n) is 7.03. The third kappa shape index (κ3) is 4.20. The first kappa shape index (κ1) is 15.8. The van der Waals surface area contributed by atoms with Crippen molar-refractivity contribution in [3.05, 3.63) is 35.4 Å². The van der Waals surface area contributed by atoms with E-state index in [0.717, 1.165) is 16.9 Å². The van der Waals surface area contributed by atoms with E-state index >= 15 is 0 Å². The number of aryl methyl sites for hydroxylation is 1. The van der Waals surface area contributed by atoms with Crippen LogP contribution in [0.4, 0.5) is 13.2 Å². The normalized spacial score (nSPS) is 18.2. The Balaban J connectivity index is 2.08. The van der Waals surface area contributed by atoms with Crippen LogP contribution in [-0.2, 0) is 17.6 Å². The zero-order valence-electron chi connectivity index (χ0n) is 11.7. The van der Waals surface area contributed by atoms with E-state index in [0.29, 0.717) is 12.8 Å². The average Bonchev–Trinajstić information content (AvgIpc) is 2.44. The van der Waals surface area contributed by atoms with Gasteiger partial charge in [-0.05, 0) is 30.4 Å². The van der Waals surface area contributed by atoms with Crippen LogP contribution in [0.2, 0.25) is 0 Å². The summed E-state index contributed by atoms with van der Waals surface area (Å²) < 4.78 is 37.7. The summed E-state index contributed by atoms with van der Waals surface area (Å²) in [5.41, 5.74) is 7.57. The lowest BCUT2D eigenvalue weighted by Gasteiger charge is -2.30. The summed E-state index contributed by atoms with van der Waals surface area (Å²) in [6, 6.07) is 7.76. The minimum atomic E-state index is -4.39. The Hall–Kier alpha value is -1.56. The first-order chi connectivity index (χ1) is 9.90. The first-order valence-corrected chi connectivity index (χ1v) is 7.03. The van der Waals surface area contributed by atoms with E-state index in [9.17, 15) is 18.0 Å². The minimum Gasteiger partial charge on any atom is -0.332 e. The molecule has 0 saturated carbocycles. The highest BCUT2D eigenvalue weighted by atomic mass is 19.4. The summed E-state index contributed by atoms with van der Waals surface area (Å²) in [7, 11) is 0. The molecule has 1 aromatic carbocycles. The van der Waals surface area contributed by atoms with Gasteiger partial charge >= 0.3 is 6.18 Å². The Kier molecular flexibility index (Phi) is 4.88.